The quantitative estimate of drug-likeness (QED) is 0.822. The number of aromatic nitrogens is 1. The maximum atomic E-state index is 12.6. The van der Waals surface area contributed by atoms with Crippen LogP contribution in [0.3, 0.4) is 0 Å². The van der Waals surface area contributed by atoms with Gasteiger partial charge in [-0.25, -0.2) is 4.79 Å². The Balaban J connectivity index is 1.46. The van der Waals surface area contributed by atoms with Crippen LogP contribution in [0.1, 0.15) is 18.4 Å². The Hall–Kier alpha value is -2.83. The van der Waals surface area contributed by atoms with Gasteiger partial charge in [-0.3, -0.25) is 14.5 Å². The molecule has 1 aromatic heterocycles. The predicted molar refractivity (Wildman–Crippen MR) is 91.8 cm³/mol. The van der Waals surface area contributed by atoms with Gasteiger partial charge in [-0.15, -0.1) is 0 Å². The van der Waals surface area contributed by atoms with Crippen LogP contribution in [0.2, 0.25) is 0 Å². The van der Waals surface area contributed by atoms with Crippen molar-refractivity contribution in [2.45, 2.75) is 25.3 Å². The van der Waals surface area contributed by atoms with Crippen molar-refractivity contribution < 1.29 is 14.4 Å². The van der Waals surface area contributed by atoms with Crippen molar-refractivity contribution in [2.75, 3.05) is 19.6 Å². The highest BCUT2D eigenvalue weighted by Crippen LogP contribution is 2.21. The van der Waals surface area contributed by atoms with E-state index in [1.54, 1.807) is 4.90 Å². The van der Waals surface area contributed by atoms with Crippen molar-refractivity contribution in [3.05, 3.63) is 36.0 Å². The Bertz CT molecular complexity index is 838. The van der Waals surface area contributed by atoms with Crippen LogP contribution in [0, 0.1) is 0 Å². The largest absolute Gasteiger partial charge is 0.361 e. The van der Waals surface area contributed by atoms with E-state index in [0.717, 1.165) is 34.2 Å². The molecular formula is C18H20N4O3. The second-order valence-corrected chi connectivity index (χ2v) is 6.58. The fourth-order valence-corrected chi connectivity index (χ4v) is 3.59. The number of benzene rings is 1. The van der Waals surface area contributed by atoms with E-state index < -0.39 is 12.1 Å². The third-order valence-electron chi connectivity index (χ3n) is 4.96. The number of carbonyl (C=O) groups excluding carboxylic acids is 3. The number of H-pyrrole nitrogens is 1. The van der Waals surface area contributed by atoms with Crippen molar-refractivity contribution >= 4 is 28.7 Å². The Morgan fingerprint density at radius 2 is 1.92 bits per heavy atom. The molecule has 0 unspecified atom stereocenters. The molecule has 1 aromatic carbocycles. The van der Waals surface area contributed by atoms with Crippen LogP contribution < -0.4 is 5.32 Å². The van der Waals surface area contributed by atoms with E-state index in [1.807, 2.05) is 30.5 Å². The van der Waals surface area contributed by atoms with Gasteiger partial charge in [0.25, 0.3) is 5.91 Å². The van der Waals surface area contributed by atoms with Crippen molar-refractivity contribution in [1.29, 1.82) is 0 Å². The highest BCUT2D eigenvalue weighted by Gasteiger charge is 2.40. The van der Waals surface area contributed by atoms with Crippen LogP contribution in [-0.4, -0.2) is 58.3 Å². The molecule has 0 aliphatic carbocycles. The third kappa shape index (κ3) is 2.86. The van der Waals surface area contributed by atoms with Gasteiger partial charge in [-0.2, -0.15) is 0 Å². The van der Waals surface area contributed by atoms with E-state index in [2.05, 4.69) is 10.3 Å². The summed E-state index contributed by atoms with van der Waals surface area (Å²) in [5.41, 5.74) is 1.97. The minimum atomic E-state index is -0.627. The summed E-state index contributed by atoms with van der Waals surface area (Å²) in [6.07, 6.45) is 4.23. The smallest absolute Gasteiger partial charge is 0.325 e. The summed E-state index contributed by atoms with van der Waals surface area (Å²) in [5, 5.41) is 3.74. The second-order valence-electron chi connectivity index (χ2n) is 6.58. The molecule has 0 saturated carbocycles. The first-order chi connectivity index (χ1) is 12.1. The van der Waals surface area contributed by atoms with E-state index >= 15 is 0 Å². The van der Waals surface area contributed by atoms with Gasteiger partial charge in [0.15, 0.2) is 0 Å². The molecule has 4 rings (SSSR count). The molecule has 1 atom stereocenters. The maximum Gasteiger partial charge on any atom is 0.325 e. The Labute approximate surface area is 145 Å². The zero-order valence-corrected chi connectivity index (χ0v) is 13.8. The minimum absolute atomic E-state index is 0.159. The highest BCUT2D eigenvalue weighted by atomic mass is 16.2. The molecule has 4 amide bonds. The van der Waals surface area contributed by atoms with E-state index in [1.165, 1.54) is 0 Å². The number of urea groups is 1. The monoisotopic (exact) mass is 340 g/mol. The zero-order chi connectivity index (χ0) is 17.4. The molecule has 3 heterocycles. The van der Waals surface area contributed by atoms with Crippen LogP contribution >= 0.6 is 0 Å². The van der Waals surface area contributed by atoms with Gasteiger partial charge in [0.2, 0.25) is 5.91 Å². The van der Waals surface area contributed by atoms with E-state index in [4.69, 9.17) is 0 Å². The number of rotatable bonds is 4. The lowest BCUT2D eigenvalue weighted by Crippen LogP contribution is -2.42. The molecule has 130 valence electrons. The van der Waals surface area contributed by atoms with Gasteiger partial charge in [-0.05, 0) is 24.5 Å². The predicted octanol–water partition coefficient (Wildman–Crippen LogP) is 1.25. The number of imide groups is 1. The van der Waals surface area contributed by atoms with Gasteiger partial charge in [0.05, 0.1) is 0 Å². The van der Waals surface area contributed by atoms with Gasteiger partial charge in [0, 0.05) is 36.6 Å². The van der Waals surface area contributed by atoms with Gasteiger partial charge >= 0.3 is 6.03 Å². The standard InChI is InChI=1S/C18H20N4O3/c23-16(21-7-3-4-8-21)11-22-17(24)15(20-18(22)25)9-12-10-19-14-6-2-1-5-13(12)14/h1-2,5-6,10,15,19H,3-4,7-9,11H2,(H,20,25)/t15-/m0/s1. The number of hydrogen-bond acceptors (Lipinski definition) is 3. The molecule has 2 fully saturated rings. The first kappa shape index (κ1) is 15.7. The lowest BCUT2D eigenvalue weighted by atomic mass is 10.1. The normalized spacial score (nSPS) is 20.6. The molecule has 2 saturated heterocycles. The van der Waals surface area contributed by atoms with Crippen molar-refractivity contribution in [3.8, 4) is 0 Å². The first-order valence-electron chi connectivity index (χ1n) is 8.58. The average Bonchev–Trinajstić information content (AvgIpc) is 3.33. The molecule has 7 nitrogen and oxygen atoms in total. The Morgan fingerprint density at radius 1 is 1.16 bits per heavy atom. The van der Waals surface area contributed by atoms with E-state index in [-0.39, 0.29) is 18.4 Å². The topological polar surface area (TPSA) is 85.5 Å². The van der Waals surface area contributed by atoms with Crippen LogP contribution in [0.15, 0.2) is 30.5 Å². The lowest BCUT2D eigenvalue weighted by molar-refractivity contribution is -0.136. The number of likely N-dealkylation sites (tertiary alicyclic amines) is 1. The van der Waals surface area contributed by atoms with Crippen LogP contribution in [0.5, 0.6) is 0 Å². The molecule has 0 bridgehead atoms. The SMILES string of the molecule is O=C(CN1C(=O)N[C@@H](Cc2c[nH]c3ccccc23)C1=O)N1CCCC1. The van der Waals surface area contributed by atoms with E-state index in [9.17, 15) is 14.4 Å². The average molecular weight is 340 g/mol. The number of carbonyl (C=O) groups is 3. The molecule has 0 spiro atoms. The molecule has 0 radical (unpaired) electrons. The summed E-state index contributed by atoms with van der Waals surface area (Å²) in [6, 6.07) is 6.72. The fourth-order valence-electron chi connectivity index (χ4n) is 3.59. The summed E-state index contributed by atoms with van der Waals surface area (Å²) in [4.78, 5) is 42.9. The molecular weight excluding hydrogens is 320 g/mol. The molecule has 25 heavy (non-hydrogen) atoms. The van der Waals surface area contributed by atoms with Crippen LogP contribution in [-0.2, 0) is 16.0 Å². The molecule has 7 heteroatoms. The summed E-state index contributed by atoms with van der Waals surface area (Å²) >= 11 is 0. The molecule has 2 N–H and O–H groups in total. The molecule has 2 aliphatic rings. The zero-order valence-electron chi connectivity index (χ0n) is 13.8. The van der Waals surface area contributed by atoms with Gasteiger partial charge < -0.3 is 15.2 Å². The highest BCUT2D eigenvalue weighted by molar-refractivity contribution is 6.06. The number of fused-ring (bicyclic) bond motifs is 1. The number of para-hydroxylation sites is 1. The number of nitrogens with zero attached hydrogens (tertiary/aromatic N) is 2. The minimum Gasteiger partial charge on any atom is -0.361 e. The number of nitrogens with one attached hydrogen (secondary N) is 2. The molecule has 2 aliphatic heterocycles. The van der Waals surface area contributed by atoms with Gasteiger partial charge in [-0.1, -0.05) is 18.2 Å². The summed E-state index contributed by atoms with van der Waals surface area (Å²) < 4.78 is 0. The summed E-state index contributed by atoms with van der Waals surface area (Å²) in [5.74, 6) is -0.489. The number of hydrogen-bond donors (Lipinski definition) is 2. The lowest BCUT2D eigenvalue weighted by Gasteiger charge is -2.19. The van der Waals surface area contributed by atoms with Gasteiger partial charge in [0.1, 0.15) is 12.6 Å². The second kappa shape index (κ2) is 6.23. The summed E-state index contributed by atoms with van der Waals surface area (Å²) in [7, 11) is 0. The molecule has 2 aromatic rings. The Morgan fingerprint density at radius 3 is 2.72 bits per heavy atom. The first-order valence-corrected chi connectivity index (χ1v) is 8.58. The van der Waals surface area contributed by atoms with Crippen molar-refractivity contribution in [3.63, 3.8) is 0 Å². The number of aromatic amines is 1. The Kier molecular flexibility index (Phi) is 3.91. The summed E-state index contributed by atoms with van der Waals surface area (Å²) in [6.45, 7) is 1.25. The number of amides is 4. The van der Waals surface area contributed by atoms with Crippen LogP contribution in [0.4, 0.5) is 4.79 Å². The van der Waals surface area contributed by atoms with Crippen LogP contribution in [0.25, 0.3) is 10.9 Å². The van der Waals surface area contributed by atoms with Crippen molar-refractivity contribution in [2.24, 2.45) is 0 Å². The maximum absolute atomic E-state index is 12.6. The fraction of sp³-hybridized carbons (Fsp3) is 0.389. The van der Waals surface area contributed by atoms with Crippen molar-refractivity contribution in [1.82, 2.24) is 20.1 Å². The third-order valence-corrected chi connectivity index (χ3v) is 4.96. The van der Waals surface area contributed by atoms with E-state index in [0.29, 0.717) is 19.5 Å².